The van der Waals surface area contributed by atoms with E-state index in [9.17, 15) is 19.5 Å². The Bertz CT molecular complexity index is 1260. The molecule has 3 N–H and O–H groups in total. The molecule has 1 aliphatic carbocycles. The highest BCUT2D eigenvalue weighted by atomic mass is 79.9. The van der Waals surface area contributed by atoms with E-state index in [1.54, 1.807) is 19.9 Å². The minimum atomic E-state index is -1.10. The van der Waals surface area contributed by atoms with Gasteiger partial charge in [-0.05, 0) is 54.3 Å². The zero-order chi connectivity index (χ0) is 25.2. The molecule has 0 aliphatic heterocycles. The Kier molecular flexibility index (Phi) is 6.93. The minimum absolute atomic E-state index is 0.0370. The topological polar surface area (TPSA) is 105 Å². The summed E-state index contributed by atoms with van der Waals surface area (Å²) in [6.07, 6.45) is -0.608. The molecule has 0 radical (unpaired) electrons. The van der Waals surface area contributed by atoms with E-state index in [1.165, 1.54) is 12.1 Å². The standard InChI is InChI=1S/C27H25BrN2O5/c1-27(2,25(33)30-18-12-16(24(31)32)11-17(28)13-18)15-29-26(34)35-14-23-21-9-5-3-7-19(21)20-8-4-6-10-22(20)23/h3-13,23H,14-15H2,1-2H3,(H,29,34)(H,30,33)(H,31,32). The third-order valence-electron chi connectivity index (χ3n) is 6.04. The molecule has 0 atom stereocenters. The number of ether oxygens (including phenoxy) is 1. The Morgan fingerprint density at radius 1 is 0.971 bits per heavy atom. The third kappa shape index (κ3) is 5.38. The van der Waals surface area contributed by atoms with E-state index in [0.29, 0.717) is 10.2 Å². The van der Waals surface area contributed by atoms with Crippen molar-refractivity contribution in [1.29, 1.82) is 0 Å². The smallest absolute Gasteiger partial charge is 0.407 e. The molecule has 0 bridgehead atoms. The van der Waals surface area contributed by atoms with Gasteiger partial charge in [-0.1, -0.05) is 64.5 Å². The Hall–Kier alpha value is -3.65. The molecule has 0 heterocycles. The highest BCUT2D eigenvalue weighted by Gasteiger charge is 2.31. The van der Waals surface area contributed by atoms with E-state index in [-0.39, 0.29) is 30.5 Å². The lowest BCUT2D eigenvalue weighted by molar-refractivity contribution is -0.123. The van der Waals surface area contributed by atoms with E-state index >= 15 is 0 Å². The second kappa shape index (κ2) is 9.92. The van der Waals surface area contributed by atoms with Crippen LogP contribution in [0.25, 0.3) is 11.1 Å². The van der Waals surface area contributed by atoms with Crippen molar-refractivity contribution in [3.63, 3.8) is 0 Å². The van der Waals surface area contributed by atoms with Crippen LogP contribution in [0.3, 0.4) is 0 Å². The van der Waals surface area contributed by atoms with Crippen LogP contribution in [0.2, 0.25) is 0 Å². The summed E-state index contributed by atoms with van der Waals surface area (Å²) < 4.78 is 6.07. The fourth-order valence-corrected chi connectivity index (χ4v) is 4.60. The Morgan fingerprint density at radius 3 is 2.17 bits per heavy atom. The molecule has 0 unspecified atom stereocenters. The number of halogens is 1. The normalized spacial score (nSPS) is 12.4. The molecule has 3 aromatic rings. The summed E-state index contributed by atoms with van der Waals surface area (Å²) in [5.74, 6) is -1.52. The van der Waals surface area contributed by atoms with Crippen LogP contribution in [-0.4, -0.2) is 36.2 Å². The lowest BCUT2D eigenvalue weighted by Gasteiger charge is -2.24. The predicted octanol–water partition coefficient (Wildman–Crippen LogP) is 5.65. The van der Waals surface area contributed by atoms with E-state index in [1.807, 2.05) is 36.4 Å². The lowest BCUT2D eigenvalue weighted by atomic mass is 9.92. The first kappa shape index (κ1) is 24.5. The maximum atomic E-state index is 12.8. The molecule has 0 saturated carbocycles. The highest BCUT2D eigenvalue weighted by molar-refractivity contribution is 9.10. The fourth-order valence-electron chi connectivity index (χ4n) is 4.11. The average Bonchev–Trinajstić information content (AvgIpc) is 3.15. The lowest BCUT2D eigenvalue weighted by Crippen LogP contribution is -2.42. The van der Waals surface area contributed by atoms with Crippen molar-refractivity contribution < 1.29 is 24.2 Å². The summed E-state index contributed by atoms with van der Waals surface area (Å²) >= 11 is 3.25. The Balaban J connectivity index is 1.35. The molecule has 0 spiro atoms. The number of fused-ring (bicyclic) bond motifs is 3. The number of aromatic carboxylic acids is 1. The number of nitrogens with one attached hydrogen (secondary N) is 2. The van der Waals surface area contributed by atoms with Gasteiger partial charge in [-0.25, -0.2) is 9.59 Å². The van der Waals surface area contributed by atoms with Crippen molar-refractivity contribution >= 4 is 39.6 Å². The van der Waals surface area contributed by atoms with Gasteiger partial charge in [-0.3, -0.25) is 4.79 Å². The number of hydrogen-bond acceptors (Lipinski definition) is 4. The quantitative estimate of drug-likeness (QED) is 0.361. The van der Waals surface area contributed by atoms with Crippen LogP contribution >= 0.6 is 15.9 Å². The van der Waals surface area contributed by atoms with Gasteiger partial charge in [-0.2, -0.15) is 0 Å². The summed E-state index contributed by atoms with van der Waals surface area (Å²) in [6, 6.07) is 20.6. The van der Waals surface area contributed by atoms with Crippen LogP contribution < -0.4 is 10.6 Å². The van der Waals surface area contributed by atoms with E-state index in [2.05, 4.69) is 38.7 Å². The maximum absolute atomic E-state index is 12.8. The maximum Gasteiger partial charge on any atom is 0.407 e. The molecule has 0 aromatic heterocycles. The number of anilines is 1. The summed E-state index contributed by atoms with van der Waals surface area (Å²) in [7, 11) is 0. The third-order valence-corrected chi connectivity index (χ3v) is 6.49. The van der Waals surface area contributed by atoms with Gasteiger partial charge >= 0.3 is 12.1 Å². The van der Waals surface area contributed by atoms with Crippen molar-refractivity contribution in [1.82, 2.24) is 5.32 Å². The fraction of sp³-hybridized carbons (Fsp3) is 0.222. The molecule has 4 rings (SSSR count). The van der Waals surface area contributed by atoms with Crippen LogP contribution in [0, 0.1) is 5.41 Å². The van der Waals surface area contributed by atoms with Crippen LogP contribution in [0.15, 0.2) is 71.2 Å². The number of carbonyl (C=O) groups is 3. The Morgan fingerprint density at radius 2 is 1.57 bits per heavy atom. The van der Waals surface area contributed by atoms with E-state index < -0.39 is 17.5 Å². The first-order valence-electron chi connectivity index (χ1n) is 11.1. The zero-order valence-corrected chi connectivity index (χ0v) is 20.9. The number of carboxylic acid groups (broad SMARTS) is 1. The minimum Gasteiger partial charge on any atom is -0.478 e. The van der Waals surface area contributed by atoms with Gasteiger partial charge in [0.05, 0.1) is 11.0 Å². The second-order valence-electron chi connectivity index (χ2n) is 9.05. The molecule has 0 fully saturated rings. The van der Waals surface area contributed by atoms with Crippen molar-refractivity contribution in [2.75, 3.05) is 18.5 Å². The summed E-state index contributed by atoms with van der Waals surface area (Å²) in [4.78, 5) is 36.6. The molecule has 2 amide bonds. The summed E-state index contributed by atoms with van der Waals surface area (Å²) in [5.41, 5.74) is 3.95. The Labute approximate surface area is 211 Å². The van der Waals surface area contributed by atoms with Gasteiger partial charge < -0.3 is 20.5 Å². The zero-order valence-electron chi connectivity index (χ0n) is 19.3. The van der Waals surface area contributed by atoms with E-state index in [4.69, 9.17) is 4.74 Å². The first-order chi connectivity index (χ1) is 16.7. The molecule has 1 aliphatic rings. The number of amides is 2. The van der Waals surface area contributed by atoms with E-state index in [0.717, 1.165) is 22.3 Å². The number of carbonyl (C=O) groups excluding carboxylic acids is 2. The van der Waals surface area contributed by atoms with Crippen molar-refractivity contribution in [2.45, 2.75) is 19.8 Å². The van der Waals surface area contributed by atoms with Crippen LogP contribution in [0.4, 0.5) is 10.5 Å². The average molecular weight is 537 g/mol. The largest absolute Gasteiger partial charge is 0.478 e. The molecule has 7 nitrogen and oxygen atoms in total. The number of benzene rings is 3. The molecule has 180 valence electrons. The highest BCUT2D eigenvalue weighted by Crippen LogP contribution is 2.44. The SMILES string of the molecule is CC(C)(CNC(=O)OCC1c2ccccc2-c2ccccc21)C(=O)Nc1cc(Br)cc(C(=O)O)c1. The van der Waals surface area contributed by atoms with Crippen molar-refractivity contribution in [3.05, 3.63) is 87.9 Å². The predicted molar refractivity (Wildman–Crippen MR) is 137 cm³/mol. The number of alkyl carbamates (subject to hydrolysis) is 1. The first-order valence-corrected chi connectivity index (χ1v) is 11.9. The molecule has 35 heavy (non-hydrogen) atoms. The van der Waals surface area contributed by atoms with Crippen molar-refractivity contribution in [3.8, 4) is 11.1 Å². The van der Waals surface area contributed by atoms with Gasteiger partial charge in [0.1, 0.15) is 6.61 Å². The molecule has 3 aromatic carbocycles. The second-order valence-corrected chi connectivity index (χ2v) is 9.97. The molecular weight excluding hydrogens is 512 g/mol. The molecule has 0 saturated heterocycles. The van der Waals surface area contributed by atoms with Gasteiger partial charge in [-0.15, -0.1) is 0 Å². The summed E-state index contributed by atoms with van der Waals surface area (Å²) in [5, 5.41) is 14.6. The molecule has 8 heteroatoms. The number of hydrogen-bond donors (Lipinski definition) is 3. The van der Waals surface area contributed by atoms with Gasteiger partial charge in [0.15, 0.2) is 0 Å². The monoisotopic (exact) mass is 536 g/mol. The number of rotatable bonds is 7. The van der Waals surface area contributed by atoms with Gasteiger partial charge in [0.2, 0.25) is 5.91 Å². The summed E-state index contributed by atoms with van der Waals surface area (Å²) in [6.45, 7) is 3.59. The molecular formula is C27H25BrN2O5. The van der Waals surface area contributed by atoms with Crippen LogP contribution in [0.5, 0.6) is 0 Å². The van der Waals surface area contributed by atoms with Crippen molar-refractivity contribution in [2.24, 2.45) is 5.41 Å². The number of carboxylic acids is 1. The van der Waals surface area contributed by atoms with Crippen LogP contribution in [-0.2, 0) is 9.53 Å². The van der Waals surface area contributed by atoms with Crippen LogP contribution in [0.1, 0.15) is 41.3 Å². The van der Waals surface area contributed by atoms with Gasteiger partial charge in [0.25, 0.3) is 0 Å². The van der Waals surface area contributed by atoms with Gasteiger partial charge in [0, 0.05) is 22.6 Å².